The largest absolute Gasteiger partial charge is 0.381 e. The smallest absolute Gasteiger partial charge is 0.278 e. The Bertz CT molecular complexity index is 983. The molecule has 2 aromatic carbocycles. The van der Waals surface area contributed by atoms with Crippen LogP contribution in [0.2, 0.25) is 5.02 Å². The predicted octanol–water partition coefficient (Wildman–Crippen LogP) is 5.36. The van der Waals surface area contributed by atoms with Gasteiger partial charge in [-0.25, -0.2) is 0 Å². The van der Waals surface area contributed by atoms with Crippen LogP contribution in [0.3, 0.4) is 0 Å². The lowest BCUT2D eigenvalue weighted by Crippen LogP contribution is -2.34. The van der Waals surface area contributed by atoms with Gasteiger partial charge in [0.05, 0.1) is 5.57 Å². The average Bonchev–Trinajstić information content (AvgIpc) is 2.97. The van der Waals surface area contributed by atoms with Gasteiger partial charge in [-0.1, -0.05) is 54.8 Å². The van der Waals surface area contributed by atoms with E-state index in [0.29, 0.717) is 48.0 Å². The van der Waals surface area contributed by atoms with Crippen molar-refractivity contribution in [3.05, 3.63) is 69.9 Å². The highest BCUT2D eigenvalue weighted by molar-refractivity contribution is 6.37. The molecule has 0 unspecified atom stereocenters. The summed E-state index contributed by atoms with van der Waals surface area (Å²) in [5.41, 5.74) is 4.27. The van der Waals surface area contributed by atoms with Crippen molar-refractivity contribution >= 4 is 34.7 Å². The fourth-order valence-corrected chi connectivity index (χ4v) is 3.67. The molecule has 0 aromatic heterocycles. The monoisotopic (exact) mass is 440 g/mol. The molecule has 0 radical (unpaired) electrons. The van der Waals surface area contributed by atoms with E-state index in [2.05, 4.69) is 12.2 Å². The maximum Gasteiger partial charge on any atom is 0.278 e. The summed E-state index contributed by atoms with van der Waals surface area (Å²) in [6, 6.07) is 12.9. The molecule has 1 aliphatic heterocycles. The average molecular weight is 441 g/mol. The van der Waals surface area contributed by atoms with Crippen molar-refractivity contribution in [2.24, 2.45) is 0 Å². The molecule has 0 atom stereocenters. The number of unbranched alkanes of at least 4 members (excludes halogenated alkanes) is 1. The summed E-state index contributed by atoms with van der Waals surface area (Å²) in [4.78, 5) is 27.8. The number of amides is 2. The summed E-state index contributed by atoms with van der Waals surface area (Å²) < 4.78 is 5.59. The SMILES string of the molecule is CCCCOCCCN1C(=O)C(Nc2ccc(C)cc2C)=C(c2ccc(Cl)cc2)C1=O. The maximum absolute atomic E-state index is 13.2. The number of carbonyl (C=O) groups excluding carboxylic acids is 2. The fourth-order valence-electron chi connectivity index (χ4n) is 3.54. The van der Waals surface area contributed by atoms with Gasteiger partial charge in [0.25, 0.3) is 11.8 Å². The number of nitrogens with one attached hydrogen (secondary N) is 1. The number of aryl methyl sites for hydroxylation is 2. The van der Waals surface area contributed by atoms with Gasteiger partial charge in [-0.05, 0) is 56.0 Å². The van der Waals surface area contributed by atoms with Crippen molar-refractivity contribution in [2.75, 3.05) is 25.1 Å². The molecule has 0 saturated carbocycles. The van der Waals surface area contributed by atoms with E-state index in [1.54, 1.807) is 24.3 Å². The first-order chi connectivity index (χ1) is 14.9. The molecule has 1 aliphatic rings. The minimum atomic E-state index is -0.316. The van der Waals surface area contributed by atoms with E-state index in [4.69, 9.17) is 16.3 Å². The van der Waals surface area contributed by atoms with Gasteiger partial charge in [0.1, 0.15) is 5.70 Å². The number of halogens is 1. The summed E-state index contributed by atoms with van der Waals surface area (Å²) in [7, 11) is 0. The van der Waals surface area contributed by atoms with Crippen molar-refractivity contribution in [3.63, 3.8) is 0 Å². The Kier molecular flexibility index (Phi) is 7.88. The highest BCUT2D eigenvalue weighted by Crippen LogP contribution is 2.32. The number of hydrogen-bond acceptors (Lipinski definition) is 4. The van der Waals surface area contributed by atoms with Crippen LogP contribution in [0.5, 0.6) is 0 Å². The maximum atomic E-state index is 13.2. The number of imide groups is 1. The second-order valence-electron chi connectivity index (χ2n) is 7.78. The second kappa shape index (κ2) is 10.6. The molecule has 1 N–H and O–H groups in total. The number of benzene rings is 2. The van der Waals surface area contributed by atoms with Gasteiger partial charge in [0, 0.05) is 30.5 Å². The number of carbonyl (C=O) groups is 2. The van der Waals surface area contributed by atoms with Gasteiger partial charge in [-0.2, -0.15) is 0 Å². The van der Waals surface area contributed by atoms with Crippen LogP contribution >= 0.6 is 11.6 Å². The van der Waals surface area contributed by atoms with Gasteiger partial charge in [0.15, 0.2) is 0 Å². The molecule has 0 bridgehead atoms. The van der Waals surface area contributed by atoms with E-state index in [1.165, 1.54) is 4.90 Å². The summed E-state index contributed by atoms with van der Waals surface area (Å²) in [5.74, 6) is -0.614. The first-order valence-electron chi connectivity index (χ1n) is 10.7. The first kappa shape index (κ1) is 23.0. The minimum absolute atomic E-state index is 0.297. The molecule has 0 aliphatic carbocycles. The summed E-state index contributed by atoms with van der Waals surface area (Å²) in [5, 5.41) is 3.81. The van der Waals surface area contributed by atoms with Crippen molar-refractivity contribution in [1.82, 2.24) is 4.90 Å². The zero-order chi connectivity index (χ0) is 22.4. The lowest BCUT2D eigenvalue weighted by molar-refractivity contribution is -0.137. The minimum Gasteiger partial charge on any atom is -0.381 e. The predicted molar refractivity (Wildman–Crippen MR) is 125 cm³/mol. The fraction of sp³-hybridized carbons (Fsp3) is 0.360. The van der Waals surface area contributed by atoms with Crippen molar-refractivity contribution in [1.29, 1.82) is 0 Å². The summed E-state index contributed by atoms with van der Waals surface area (Å²) in [6.45, 7) is 7.64. The van der Waals surface area contributed by atoms with Crippen LogP contribution in [0.15, 0.2) is 48.2 Å². The molecule has 0 spiro atoms. The van der Waals surface area contributed by atoms with Crippen molar-refractivity contribution in [3.8, 4) is 0 Å². The van der Waals surface area contributed by atoms with Crippen LogP contribution in [-0.4, -0.2) is 36.5 Å². The lowest BCUT2D eigenvalue weighted by atomic mass is 10.0. The summed E-state index contributed by atoms with van der Waals surface area (Å²) >= 11 is 6.03. The van der Waals surface area contributed by atoms with Gasteiger partial charge >= 0.3 is 0 Å². The Balaban J connectivity index is 1.85. The number of nitrogens with zero attached hydrogens (tertiary/aromatic N) is 1. The van der Waals surface area contributed by atoms with E-state index >= 15 is 0 Å². The number of hydrogen-bond donors (Lipinski definition) is 1. The van der Waals surface area contributed by atoms with Crippen LogP contribution in [0.25, 0.3) is 5.57 Å². The third-order valence-electron chi connectivity index (χ3n) is 5.26. The molecule has 5 nitrogen and oxygen atoms in total. The molecule has 1 heterocycles. The Morgan fingerprint density at radius 1 is 0.968 bits per heavy atom. The molecule has 0 saturated heterocycles. The number of rotatable bonds is 10. The Morgan fingerprint density at radius 3 is 2.35 bits per heavy atom. The standard InChI is InChI=1S/C25H29ClN2O3/c1-4-5-14-31-15-6-13-28-24(29)22(19-8-10-20(26)11-9-19)23(25(28)30)27-21-12-7-17(2)16-18(21)3/h7-12,16,27H,4-6,13-15H2,1-3H3. The highest BCUT2D eigenvalue weighted by Gasteiger charge is 2.39. The van der Waals surface area contributed by atoms with Crippen molar-refractivity contribution in [2.45, 2.75) is 40.0 Å². The number of anilines is 1. The van der Waals surface area contributed by atoms with Crippen LogP contribution in [0.4, 0.5) is 5.69 Å². The number of ether oxygens (including phenoxy) is 1. The second-order valence-corrected chi connectivity index (χ2v) is 8.22. The third-order valence-corrected chi connectivity index (χ3v) is 5.51. The normalized spacial score (nSPS) is 14.0. The Labute approximate surface area is 189 Å². The molecule has 2 aromatic rings. The van der Waals surface area contributed by atoms with Crippen LogP contribution in [-0.2, 0) is 14.3 Å². The molecule has 6 heteroatoms. The van der Waals surface area contributed by atoms with Gasteiger partial charge < -0.3 is 10.1 Å². The highest BCUT2D eigenvalue weighted by atomic mass is 35.5. The van der Waals surface area contributed by atoms with Gasteiger partial charge in [-0.15, -0.1) is 0 Å². The quantitative estimate of drug-likeness (QED) is 0.399. The lowest BCUT2D eigenvalue weighted by Gasteiger charge is -2.16. The molecule has 164 valence electrons. The zero-order valence-corrected chi connectivity index (χ0v) is 19.1. The van der Waals surface area contributed by atoms with Crippen molar-refractivity contribution < 1.29 is 14.3 Å². The molecule has 31 heavy (non-hydrogen) atoms. The van der Waals surface area contributed by atoms with E-state index in [9.17, 15) is 9.59 Å². The van der Waals surface area contributed by atoms with Crippen LogP contribution in [0, 0.1) is 13.8 Å². The van der Waals surface area contributed by atoms with Crippen LogP contribution in [0.1, 0.15) is 42.9 Å². The van der Waals surface area contributed by atoms with E-state index in [1.807, 2.05) is 32.0 Å². The van der Waals surface area contributed by atoms with E-state index < -0.39 is 0 Å². The van der Waals surface area contributed by atoms with E-state index in [0.717, 1.165) is 29.7 Å². The van der Waals surface area contributed by atoms with E-state index in [-0.39, 0.29) is 11.8 Å². The first-order valence-corrected chi connectivity index (χ1v) is 11.1. The molecule has 0 fully saturated rings. The topological polar surface area (TPSA) is 58.6 Å². The molecule has 3 rings (SSSR count). The zero-order valence-electron chi connectivity index (χ0n) is 18.3. The van der Waals surface area contributed by atoms with Crippen LogP contribution < -0.4 is 5.32 Å². The molecular formula is C25H29ClN2O3. The molecule has 2 amide bonds. The van der Waals surface area contributed by atoms with Gasteiger partial charge in [-0.3, -0.25) is 14.5 Å². The van der Waals surface area contributed by atoms with Gasteiger partial charge in [0.2, 0.25) is 0 Å². The third kappa shape index (κ3) is 5.54. The Hall–Kier alpha value is -2.63. The summed E-state index contributed by atoms with van der Waals surface area (Å²) in [6.07, 6.45) is 2.69. The molecular weight excluding hydrogens is 412 g/mol. The Morgan fingerprint density at radius 2 is 1.68 bits per heavy atom.